The predicted octanol–water partition coefficient (Wildman–Crippen LogP) is 4.15. The van der Waals surface area contributed by atoms with E-state index in [-0.39, 0.29) is 29.5 Å². The van der Waals surface area contributed by atoms with Crippen LogP contribution in [0.15, 0.2) is 69.2 Å². The van der Waals surface area contributed by atoms with Gasteiger partial charge in [0.1, 0.15) is 23.0 Å². The van der Waals surface area contributed by atoms with Crippen LogP contribution in [0.4, 0.5) is 4.79 Å². The number of halogens is 1. The summed E-state index contributed by atoms with van der Waals surface area (Å²) in [5.41, 5.74) is 0.654. The number of hydrogen-bond acceptors (Lipinski definition) is 8. The summed E-state index contributed by atoms with van der Waals surface area (Å²) in [5.74, 6) is -0.960. The summed E-state index contributed by atoms with van der Waals surface area (Å²) in [6.07, 6.45) is 1.41. The lowest BCUT2D eigenvalue weighted by Gasteiger charge is -2.10. The molecule has 3 aromatic rings. The summed E-state index contributed by atoms with van der Waals surface area (Å²) in [7, 11) is 2.73. The summed E-state index contributed by atoms with van der Waals surface area (Å²) < 4.78 is 21.2. The monoisotopic (exact) mass is 554 g/mol. The minimum atomic E-state index is -0.676. The molecule has 10 nitrogen and oxygen atoms in total. The molecule has 1 saturated heterocycles. The number of benzene rings is 2. The van der Waals surface area contributed by atoms with Gasteiger partial charge in [-0.1, -0.05) is 15.9 Å². The van der Waals surface area contributed by atoms with Gasteiger partial charge in [-0.2, -0.15) is 0 Å². The molecule has 2 heterocycles. The molecule has 0 bridgehead atoms. The van der Waals surface area contributed by atoms with Gasteiger partial charge in [-0.25, -0.2) is 14.4 Å². The number of ether oxygens (including phenoxy) is 3. The number of hydrogen-bond donors (Lipinski definition) is 1. The van der Waals surface area contributed by atoms with Crippen molar-refractivity contribution in [2.75, 3.05) is 14.2 Å². The number of furan rings is 1. The van der Waals surface area contributed by atoms with Crippen molar-refractivity contribution in [1.29, 1.82) is 0 Å². The molecule has 0 spiro atoms. The van der Waals surface area contributed by atoms with Gasteiger partial charge in [0.05, 0.1) is 26.3 Å². The van der Waals surface area contributed by atoms with E-state index in [9.17, 15) is 19.2 Å². The lowest BCUT2D eigenvalue weighted by atomic mass is 10.1. The maximum atomic E-state index is 12.9. The van der Waals surface area contributed by atoms with E-state index in [0.29, 0.717) is 21.3 Å². The number of esters is 2. The molecule has 36 heavy (non-hydrogen) atoms. The van der Waals surface area contributed by atoms with E-state index in [1.54, 1.807) is 42.5 Å². The minimum absolute atomic E-state index is 0.0282. The van der Waals surface area contributed by atoms with Crippen LogP contribution in [-0.2, 0) is 16.1 Å². The third kappa shape index (κ3) is 5.31. The first-order valence-corrected chi connectivity index (χ1v) is 11.3. The van der Waals surface area contributed by atoms with E-state index >= 15 is 0 Å². The first kappa shape index (κ1) is 24.7. The van der Waals surface area contributed by atoms with Crippen LogP contribution in [0.5, 0.6) is 11.5 Å². The Morgan fingerprint density at radius 3 is 2.47 bits per heavy atom. The second kappa shape index (κ2) is 10.5. The standard InChI is InChI=1S/C25H19BrN2O8/c1-33-17-6-3-14(4-7-17)23(30)36-20-9-5-16(26)11-15(20)12-19-22(29)28(25(32)27-19)13-18-8-10-21(35-18)24(31)34-2/h3-12H,13H2,1-2H3,(H,27,32)/b19-12+. The second-order valence-electron chi connectivity index (χ2n) is 7.44. The fourth-order valence-corrected chi connectivity index (χ4v) is 3.69. The largest absolute Gasteiger partial charge is 0.497 e. The fourth-order valence-electron chi connectivity index (χ4n) is 3.31. The highest BCUT2D eigenvalue weighted by molar-refractivity contribution is 9.10. The third-order valence-corrected chi connectivity index (χ3v) is 5.62. The number of carbonyl (C=O) groups excluding carboxylic acids is 4. The molecule has 2 aromatic carbocycles. The maximum absolute atomic E-state index is 12.9. The third-order valence-electron chi connectivity index (χ3n) is 5.12. The van der Waals surface area contributed by atoms with Crippen molar-refractivity contribution in [3.63, 3.8) is 0 Å². The van der Waals surface area contributed by atoms with E-state index in [1.165, 1.54) is 32.4 Å². The first-order chi connectivity index (χ1) is 17.3. The molecule has 184 valence electrons. The Balaban J connectivity index is 1.54. The van der Waals surface area contributed by atoms with Crippen LogP contribution in [0, 0.1) is 0 Å². The smallest absolute Gasteiger partial charge is 0.373 e. The average Bonchev–Trinajstić information content (AvgIpc) is 3.45. The van der Waals surface area contributed by atoms with Crippen LogP contribution >= 0.6 is 15.9 Å². The Kier molecular flexibility index (Phi) is 7.20. The van der Waals surface area contributed by atoms with Gasteiger partial charge in [0.2, 0.25) is 5.76 Å². The Bertz CT molecular complexity index is 1380. The quantitative estimate of drug-likeness (QED) is 0.200. The number of carbonyl (C=O) groups is 4. The molecule has 0 aliphatic carbocycles. The van der Waals surface area contributed by atoms with Crippen molar-refractivity contribution in [1.82, 2.24) is 10.2 Å². The summed E-state index contributed by atoms with van der Waals surface area (Å²) in [4.78, 5) is 50.5. The van der Waals surface area contributed by atoms with Crippen molar-refractivity contribution in [3.8, 4) is 11.5 Å². The molecule has 1 aromatic heterocycles. The number of imide groups is 1. The number of nitrogens with one attached hydrogen (secondary N) is 1. The average molecular weight is 555 g/mol. The van der Waals surface area contributed by atoms with E-state index < -0.39 is 23.9 Å². The Morgan fingerprint density at radius 2 is 1.78 bits per heavy atom. The number of methoxy groups -OCH3 is 2. The van der Waals surface area contributed by atoms with Crippen LogP contribution in [-0.4, -0.2) is 43.0 Å². The van der Waals surface area contributed by atoms with Crippen molar-refractivity contribution < 1.29 is 37.8 Å². The van der Waals surface area contributed by atoms with Gasteiger partial charge < -0.3 is 23.9 Å². The van der Waals surface area contributed by atoms with Gasteiger partial charge in [-0.3, -0.25) is 9.69 Å². The molecule has 0 unspecified atom stereocenters. The van der Waals surface area contributed by atoms with Crippen molar-refractivity contribution in [2.45, 2.75) is 6.54 Å². The molecule has 11 heteroatoms. The molecule has 3 amide bonds. The summed E-state index contributed by atoms with van der Waals surface area (Å²) in [6.45, 7) is -0.198. The summed E-state index contributed by atoms with van der Waals surface area (Å²) in [5, 5.41) is 2.50. The maximum Gasteiger partial charge on any atom is 0.373 e. The van der Waals surface area contributed by atoms with Gasteiger partial charge in [0.25, 0.3) is 5.91 Å². The Labute approximate surface area is 213 Å². The van der Waals surface area contributed by atoms with Gasteiger partial charge in [-0.15, -0.1) is 0 Å². The van der Waals surface area contributed by atoms with E-state index in [2.05, 4.69) is 26.0 Å². The highest BCUT2D eigenvalue weighted by Crippen LogP contribution is 2.28. The molecular weight excluding hydrogens is 536 g/mol. The molecule has 1 aliphatic heterocycles. The van der Waals surface area contributed by atoms with Crippen LogP contribution in [0.3, 0.4) is 0 Å². The minimum Gasteiger partial charge on any atom is -0.497 e. The van der Waals surface area contributed by atoms with Crippen molar-refractivity contribution >= 4 is 45.9 Å². The van der Waals surface area contributed by atoms with Gasteiger partial charge in [0.15, 0.2) is 0 Å². The number of rotatable bonds is 7. The van der Waals surface area contributed by atoms with E-state index in [1.807, 2.05) is 0 Å². The SMILES string of the molecule is COC(=O)c1ccc(CN2C(=O)N/C(=C/c3cc(Br)ccc3OC(=O)c3ccc(OC)cc3)C2=O)o1. The van der Waals surface area contributed by atoms with Crippen molar-refractivity contribution in [3.05, 3.63) is 87.4 Å². The zero-order chi connectivity index (χ0) is 25.8. The van der Waals surface area contributed by atoms with Gasteiger partial charge >= 0.3 is 18.0 Å². The number of amides is 3. The van der Waals surface area contributed by atoms with Crippen LogP contribution in [0.1, 0.15) is 32.2 Å². The fraction of sp³-hybridized carbons (Fsp3) is 0.120. The topological polar surface area (TPSA) is 124 Å². The second-order valence-corrected chi connectivity index (χ2v) is 8.35. The lowest BCUT2D eigenvalue weighted by molar-refractivity contribution is -0.123. The van der Waals surface area contributed by atoms with Gasteiger partial charge in [0, 0.05) is 10.0 Å². The van der Waals surface area contributed by atoms with Gasteiger partial charge in [-0.05, 0) is 60.7 Å². The highest BCUT2D eigenvalue weighted by Gasteiger charge is 2.34. The molecular formula is C25H19BrN2O8. The number of urea groups is 1. The van der Waals surface area contributed by atoms with Crippen molar-refractivity contribution in [2.24, 2.45) is 0 Å². The number of nitrogens with zero attached hydrogens (tertiary/aromatic N) is 1. The van der Waals surface area contributed by atoms with E-state index in [0.717, 1.165) is 4.90 Å². The molecule has 1 N–H and O–H groups in total. The first-order valence-electron chi connectivity index (χ1n) is 10.5. The molecule has 1 aliphatic rings. The molecule has 0 radical (unpaired) electrons. The Hall–Kier alpha value is -4.38. The lowest BCUT2D eigenvalue weighted by Crippen LogP contribution is -2.30. The highest BCUT2D eigenvalue weighted by atomic mass is 79.9. The Morgan fingerprint density at radius 1 is 1.03 bits per heavy atom. The summed E-state index contributed by atoms with van der Waals surface area (Å²) >= 11 is 3.36. The molecule has 0 saturated carbocycles. The zero-order valence-corrected chi connectivity index (χ0v) is 20.7. The molecule has 0 atom stereocenters. The van der Waals surface area contributed by atoms with E-state index in [4.69, 9.17) is 13.9 Å². The zero-order valence-electron chi connectivity index (χ0n) is 19.1. The van der Waals surface area contributed by atoms with Crippen LogP contribution in [0.25, 0.3) is 6.08 Å². The van der Waals surface area contributed by atoms with Crippen LogP contribution < -0.4 is 14.8 Å². The molecule has 1 fully saturated rings. The van der Waals surface area contributed by atoms with Crippen LogP contribution in [0.2, 0.25) is 0 Å². The predicted molar refractivity (Wildman–Crippen MR) is 129 cm³/mol. The normalized spacial score (nSPS) is 14.1. The molecule has 4 rings (SSSR count). The summed E-state index contributed by atoms with van der Waals surface area (Å²) in [6, 6.07) is 13.5.